The maximum Gasteiger partial charge on any atom is 0.258 e. The van der Waals surface area contributed by atoms with Crippen molar-refractivity contribution >= 4 is 10.8 Å². The van der Waals surface area contributed by atoms with Gasteiger partial charge in [-0.2, -0.15) is 0 Å². The van der Waals surface area contributed by atoms with Gasteiger partial charge < -0.3 is 10.3 Å². The molecule has 3 fully saturated rings. The molecule has 3 aromatic rings. The molecule has 25 heavy (non-hydrogen) atoms. The largest absolute Gasteiger partial charge is 0.319 e. The molecular formula is C19H21N5O. The Labute approximate surface area is 145 Å². The number of hydrogen-bond donors (Lipinski definition) is 1. The average Bonchev–Trinajstić information content (AvgIpc) is 3.31. The summed E-state index contributed by atoms with van der Waals surface area (Å²) in [5, 5.41) is 10.3. The number of aromatic nitrogens is 4. The van der Waals surface area contributed by atoms with Gasteiger partial charge in [0.1, 0.15) is 5.69 Å². The predicted octanol–water partition coefficient (Wildman–Crippen LogP) is 2.08. The van der Waals surface area contributed by atoms with Gasteiger partial charge in [-0.1, -0.05) is 17.3 Å². The molecule has 0 spiro atoms. The lowest BCUT2D eigenvalue weighted by atomic mass is 9.77. The maximum absolute atomic E-state index is 12.4. The van der Waals surface area contributed by atoms with Crippen LogP contribution in [0, 0.1) is 5.92 Å². The van der Waals surface area contributed by atoms with Crippen LogP contribution in [0.25, 0.3) is 10.8 Å². The van der Waals surface area contributed by atoms with Crippen LogP contribution in [-0.2, 0) is 12.6 Å². The number of aryl methyl sites for hydroxylation is 1. The van der Waals surface area contributed by atoms with Crippen LogP contribution in [0.15, 0.2) is 41.5 Å². The first-order valence-electron chi connectivity index (χ1n) is 8.84. The molecule has 1 atom stereocenters. The highest BCUT2D eigenvalue weighted by molar-refractivity contribution is 5.85. The van der Waals surface area contributed by atoms with Gasteiger partial charge in [-0.15, -0.1) is 5.10 Å². The molecule has 2 aromatic heterocycles. The molecule has 2 heterocycles. The van der Waals surface area contributed by atoms with E-state index in [4.69, 9.17) is 5.73 Å². The van der Waals surface area contributed by atoms with Crippen molar-refractivity contribution in [2.75, 3.05) is 0 Å². The second-order valence-corrected chi connectivity index (χ2v) is 7.64. The lowest BCUT2D eigenvalue weighted by Gasteiger charge is -2.38. The summed E-state index contributed by atoms with van der Waals surface area (Å²) in [6, 6.07) is 7.26. The Morgan fingerprint density at radius 1 is 1.28 bits per heavy atom. The molecule has 0 radical (unpaired) electrons. The third-order valence-corrected chi connectivity index (χ3v) is 6.16. The van der Waals surface area contributed by atoms with E-state index in [1.165, 1.54) is 25.7 Å². The fourth-order valence-electron chi connectivity index (χ4n) is 4.68. The van der Waals surface area contributed by atoms with Gasteiger partial charge in [-0.3, -0.25) is 4.79 Å². The van der Waals surface area contributed by atoms with Gasteiger partial charge >= 0.3 is 0 Å². The SMILES string of the molecule is Cn1ccc2c([C@H](N)c3cn(C45CCC(C4)C5)nn3)cccc2c1=O. The quantitative estimate of drug-likeness (QED) is 0.795. The van der Waals surface area contributed by atoms with Gasteiger partial charge in [-0.25, -0.2) is 4.68 Å². The second kappa shape index (κ2) is 5.02. The van der Waals surface area contributed by atoms with Crippen molar-refractivity contribution in [3.8, 4) is 0 Å². The molecular weight excluding hydrogens is 314 g/mol. The smallest absolute Gasteiger partial charge is 0.258 e. The van der Waals surface area contributed by atoms with E-state index in [0.717, 1.165) is 22.6 Å². The molecule has 6 heteroatoms. The average molecular weight is 335 g/mol. The summed E-state index contributed by atoms with van der Waals surface area (Å²) in [6.07, 6.45) is 8.72. The summed E-state index contributed by atoms with van der Waals surface area (Å²) in [7, 11) is 1.76. The Bertz CT molecular complexity index is 1020. The van der Waals surface area contributed by atoms with E-state index in [0.29, 0.717) is 5.39 Å². The second-order valence-electron chi connectivity index (χ2n) is 7.64. The van der Waals surface area contributed by atoms with E-state index < -0.39 is 6.04 Å². The fourth-order valence-corrected chi connectivity index (χ4v) is 4.68. The first-order chi connectivity index (χ1) is 12.1. The van der Waals surface area contributed by atoms with E-state index in [-0.39, 0.29) is 11.1 Å². The van der Waals surface area contributed by atoms with Gasteiger partial charge in [0.25, 0.3) is 5.56 Å². The van der Waals surface area contributed by atoms with Gasteiger partial charge in [0.2, 0.25) is 0 Å². The van der Waals surface area contributed by atoms with Crippen LogP contribution >= 0.6 is 0 Å². The number of rotatable bonds is 3. The Balaban J connectivity index is 1.56. The summed E-state index contributed by atoms with van der Waals surface area (Å²) in [5.74, 6) is 0.871. The number of nitrogens with two attached hydrogens (primary N) is 1. The summed E-state index contributed by atoms with van der Waals surface area (Å²) >= 11 is 0. The zero-order valence-corrected chi connectivity index (χ0v) is 14.2. The zero-order valence-electron chi connectivity index (χ0n) is 14.2. The van der Waals surface area contributed by atoms with Crippen molar-refractivity contribution in [2.24, 2.45) is 18.7 Å². The van der Waals surface area contributed by atoms with Crippen LogP contribution in [0.4, 0.5) is 0 Å². The highest BCUT2D eigenvalue weighted by atomic mass is 16.1. The summed E-state index contributed by atoms with van der Waals surface area (Å²) in [5.41, 5.74) is 8.36. The predicted molar refractivity (Wildman–Crippen MR) is 95.2 cm³/mol. The lowest BCUT2D eigenvalue weighted by Crippen LogP contribution is -2.39. The normalized spacial score (nSPS) is 25.9. The number of pyridine rings is 1. The lowest BCUT2D eigenvalue weighted by molar-refractivity contribution is 0.132. The van der Waals surface area contributed by atoms with E-state index >= 15 is 0 Å². The number of fused-ring (bicyclic) bond motifs is 2. The molecule has 0 aliphatic heterocycles. The first-order valence-corrected chi connectivity index (χ1v) is 8.84. The Kier molecular flexibility index (Phi) is 2.98. The number of hydrogen-bond acceptors (Lipinski definition) is 4. The molecule has 3 aliphatic carbocycles. The van der Waals surface area contributed by atoms with Crippen LogP contribution < -0.4 is 11.3 Å². The minimum absolute atomic E-state index is 0.0134. The molecule has 0 unspecified atom stereocenters. The molecule has 0 amide bonds. The molecule has 0 saturated heterocycles. The number of benzene rings is 1. The summed E-state index contributed by atoms with van der Waals surface area (Å²) in [6.45, 7) is 0. The highest BCUT2D eigenvalue weighted by Gasteiger charge is 2.52. The van der Waals surface area contributed by atoms with Crippen molar-refractivity contribution in [3.05, 3.63) is 58.3 Å². The first kappa shape index (κ1) is 14.8. The number of nitrogens with zero attached hydrogens (tertiary/aromatic N) is 4. The molecule has 128 valence electrons. The zero-order chi connectivity index (χ0) is 17.2. The van der Waals surface area contributed by atoms with Crippen molar-refractivity contribution in [2.45, 2.75) is 37.3 Å². The van der Waals surface area contributed by atoms with Crippen molar-refractivity contribution in [1.82, 2.24) is 19.6 Å². The van der Waals surface area contributed by atoms with Crippen molar-refractivity contribution < 1.29 is 0 Å². The Hall–Kier alpha value is -2.47. The third-order valence-electron chi connectivity index (χ3n) is 6.16. The minimum Gasteiger partial charge on any atom is -0.319 e. The summed E-state index contributed by atoms with van der Waals surface area (Å²) < 4.78 is 3.62. The Morgan fingerprint density at radius 2 is 2.12 bits per heavy atom. The van der Waals surface area contributed by atoms with Crippen LogP contribution in [0.2, 0.25) is 0 Å². The van der Waals surface area contributed by atoms with Crippen molar-refractivity contribution in [3.63, 3.8) is 0 Å². The molecule has 6 nitrogen and oxygen atoms in total. The van der Waals surface area contributed by atoms with E-state index in [1.807, 2.05) is 35.1 Å². The van der Waals surface area contributed by atoms with Gasteiger partial charge in [-0.05, 0) is 54.7 Å². The topological polar surface area (TPSA) is 78.7 Å². The Morgan fingerprint density at radius 3 is 2.88 bits per heavy atom. The van der Waals surface area contributed by atoms with Gasteiger partial charge in [0.15, 0.2) is 0 Å². The van der Waals surface area contributed by atoms with Crippen LogP contribution in [-0.4, -0.2) is 19.6 Å². The van der Waals surface area contributed by atoms with Crippen LogP contribution in [0.3, 0.4) is 0 Å². The van der Waals surface area contributed by atoms with Gasteiger partial charge in [0.05, 0.1) is 17.8 Å². The van der Waals surface area contributed by atoms with E-state index in [1.54, 1.807) is 17.8 Å². The van der Waals surface area contributed by atoms with Crippen LogP contribution in [0.1, 0.15) is 43.0 Å². The minimum atomic E-state index is -0.391. The third kappa shape index (κ3) is 2.03. The molecule has 2 bridgehead atoms. The molecule has 3 aliphatic rings. The van der Waals surface area contributed by atoms with Crippen LogP contribution in [0.5, 0.6) is 0 Å². The summed E-state index contributed by atoms with van der Waals surface area (Å²) in [4.78, 5) is 12.4. The van der Waals surface area contributed by atoms with E-state index in [9.17, 15) is 4.79 Å². The van der Waals surface area contributed by atoms with Gasteiger partial charge in [0, 0.05) is 18.6 Å². The molecule has 6 rings (SSSR count). The molecule has 1 aromatic carbocycles. The fraction of sp³-hybridized carbons (Fsp3) is 0.421. The highest BCUT2D eigenvalue weighted by Crippen LogP contribution is 2.56. The molecule has 2 N–H and O–H groups in total. The monoisotopic (exact) mass is 335 g/mol. The maximum atomic E-state index is 12.4. The van der Waals surface area contributed by atoms with Crippen molar-refractivity contribution in [1.29, 1.82) is 0 Å². The standard InChI is InChI=1S/C19H21N5O/c1-23-8-6-13-14(3-2-4-15(13)18(23)25)17(20)16-11-24(22-21-16)19-7-5-12(9-19)10-19/h2-4,6,8,11-12,17H,5,7,9-10,20H2,1H3/t12?,17-,19?/m0/s1. The van der Waals surface area contributed by atoms with E-state index in [2.05, 4.69) is 10.3 Å². The molecule has 3 saturated carbocycles.